The summed E-state index contributed by atoms with van der Waals surface area (Å²) in [6.45, 7) is 4.81. The van der Waals surface area contributed by atoms with Gasteiger partial charge < -0.3 is 0 Å². The molecule has 4 unspecified atom stereocenters. The van der Waals surface area contributed by atoms with Crippen molar-refractivity contribution in [3.8, 4) is 0 Å². The fraction of sp³-hybridized carbons (Fsp3) is 0.636. The van der Waals surface area contributed by atoms with Crippen LogP contribution in [0, 0.1) is 23.7 Å². The van der Waals surface area contributed by atoms with Crippen LogP contribution >= 0.6 is 0 Å². The zero-order chi connectivity index (χ0) is 15.1. The van der Waals surface area contributed by atoms with Crippen molar-refractivity contribution in [2.45, 2.75) is 65.2 Å². The molecule has 0 radical (unpaired) electrons. The Morgan fingerprint density at radius 1 is 0.682 bits per heavy atom. The fourth-order valence-electron chi connectivity index (χ4n) is 4.92. The van der Waals surface area contributed by atoms with Gasteiger partial charge in [-0.3, -0.25) is 0 Å². The molecule has 0 spiro atoms. The standard InChI is InChI=1S/C22H30/c1-15-3-7-19-11-17(13-21(19)9-15)5-6-18-12-20-8-4-16(2)10-22(20)14-18/h11-18H,3-10H2,1-2H3. The molecular weight excluding hydrogens is 264 g/mol. The average Bonchev–Trinajstić information content (AvgIpc) is 3.07. The minimum absolute atomic E-state index is 0.730. The summed E-state index contributed by atoms with van der Waals surface area (Å²) < 4.78 is 0. The average molecular weight is 294 g/mol. The number of hydrogen-bond donors (Lipinski definition) is 0. The van der Waals surface area contributed by atoms with E-state index >= 15 is 0 Å². The van der Waals surface area contributed by atoms with Gasteiger partial charge in [-0.2, -0.15) is 0 Å². The highest BCUT2D eigenvalue weighted by molar-refractivity contribution is 5.42. The van der Waals surface area contributed by atoms with Crippen LogP contribution in [0.15, 0.2) is 46.6 Å². The van der Waals surface area contributed by atoms with Gasteiger partial charge in [-0.15, -0.1) is 0 Å². The lowest BCUT2D eigenvalue weighted by atomic mass is 9.85. The highest BCUT2D eigenvalue weighted by Gasteiger charge is 2.26. The topological polar surface area (TPSA) is 0 Å². The SMILES string of the molecule is CC1CCC2=CC(CCC3C=C4CCC(C)CC4=C3)C=C2C1. The molecule has 4 aliphatic carbocycles. The molecule has 0 heteroatoms. The zero-order valence-corrected chi connectivity index (χ0v) is 14.3. The summed E-state index contributed by atoms with van der Waals surface area (Å²) in [4.78, 5) is 0. The Balaban J connectivity index is 1.35. The molecular formula is C22H30. The lowest BCUT2D eigenvalue weighted by molar-refractivity contribution is 0.499. The molecule has 118 valence electrons. The van der Waals surface area contributed by atoms with E-state index in [-0.39, 0.29) is 0 Å². The Morgan fingerprint density at radius 2 is 1.09 bits per heavy atom. The van der Waals surface area contributed by atoms with Crippen molar-refractivity contribution in [2.75, 3.05) is 0 Å². The summed E-state index contributed by atoms with van der Waals surface area (Å²) in [6, 6.07) is 0. The first kappa shape index (κ1) is 14.5. The molecule has 0 aromatic rings. The Kier molecular flexibility index (Phi) is 3.88. The van der Waals surface area contributed by atoms with Crippen LogP contribution in [0.3, 0.4) is 0 Å². The molecule has 4 aliphatic rings. The molecule has 22 heavy (non-hydrogen) atoms. The van der Waals surface area contributed by atoms with Gasteiger partial charge in [0.25, 0.3) is 0 Å². The van der Waals surface area contributed by atoms with Crippen molar-refractivity contribution in [1.82, 2.24) is 0 Å². The van der Waals surface area contributed by atoms with Crippen molar-refractivity contribution in [1.29, 1.82) is 0 Å². The van der Waals surface area contributed by atoms with Crippen molar-refractivity contribution in [3.05, 3.63) is 46.6 Å². The number of hydrogen-bond acceptors (Lipinski definition) is 0. The van der Waals surface area contributed by atoms with Crippen LogP contribution in [-0.2, 0) is 0 Å². The van der Waals surface area contributed by atoms with Gasteiger partial charge in [-0.25, -0.2) is 0 Å². The summed E-state index contributed by atoms with van der Waals surface area (Å²) in [5, 5.41) is 0. The Labute approximate surface area is 136 Å². The number of rotatable bonds is 3. The van der Waals surface area contributed by atoms with Crippen LogP contribution in [0.4, 0.5) is 0 Å². The maximum atomic E-state index is 2.59. The molecule has 2 fully saturated rings. The zero-order valence-electron chi connectivity index (χ0n) is 14.3. The van der Waals surface area contributed by atoms with Gasteiger partial charge in [0.15, 0.2) is 0 Å². The summed E-state index contributed by atoms with van der Waals surface area (Å²) in [5.41, 5.74) is 6.76. The van der Waals surface area contributed by atoms with E-state index in [1.807, 2.05) is 0 Å². The monoisotopic (exact) mass is 294 g/mol. The third-order valence-electron chi connectivity index (χ3n) is 6.27. The van der Waals surface area contributed by atoms with E-state index in [9.17, 15) is 0 Å². The van der Waals surface area contributed by atoms with Crippen molar-refractivity contribution in [2.24, 2.45) is 23.7 Å². The van der Waals surface area contributed by atoms with E-state index in [2.05, 4.69) is 38.2 Å². The molecule has 0 amide bonds. The first-order valence-electron chi connectivity index (χ1n) is 9.51. The second kappa shape index (κ2) is 5.87. The van der Waals surface area contributed by atoms with Gasteiger partial charge in [-0.1, -0.05) is 38.2 Å². The molecule has 0 saturated heterocycles. The molecule has 4 atom stereocenters. The molecule has 0 aromatic carbocycles. The smallest absolute Gasteiger partial charge is 0.00413 e. The molecule has 0 N–H and O–H groups in total. The summed E-state index contributed by atoms with van der Waals surface area (Å²) in [6.07, 6.45) is 21.2. The Bertz CT molecular complexity index is 517. The van der Waals surface area contributed by atoms with Crippen LogP contribution in [0.5, 0.6) is 0 Å². The molecule has 0 nitrogen and oxygen atoms in total. The van der Waals surface area contributed by atoms with Gasteiger partial charge in [0, 0.05) is 0 Å². The molecule has 0 aliphatic heterocycles. The maximum absolute atomic E-state index is 2.59. The van der Waals surface area contributed by atoms with E-state index < -0.39 is 0 Å². The van der Waals surface area contributed by atoms with E-state index in [4.69, 9.17) is 0 Å². The van der Waals surface area contributed by atoms with Gasteiger partial charge in [-0.05, 0) is 97.3 Å². The lowest BCUT2D eigenvalue weighted by Crippen LogP contribution is -2.05. The van der Waals surface area contributed by atoms with E-state index in [1.165, 1.54) is 51.4 Å². The van der Waals surface area contributed by atoms with Crippen LogP contribution in [-0.4, -0.2) is 0 Å². The maximum Gasteiger partial charge on any atom is -0.00413 e. The summed E-state index contributed by atoms with van der Waals surface area (Å²) in [7, 11) is 0. The molecule has 2 saturated carbocycles. The van der Waals surface area contributed by atoms with Crippen molar-refractivity contribution in [3.63, 3.8) is 0 Å². The van der Waals surface area contributed by atoms with Crippen LogP contribution in [0.2, 0.25) is 0 Å². The predicted molar refractivity (Wildman–Crippen MR) is 94.6 cm³/mol. The highest BCUT2D eigenvalue weighted by Crippen LogP contribution is 2.42. The highest BCUT2D eigenvalue weighted by atomic mass is 14.3. The number of allylic oxidation sites excluding steroid dienone is 8. The van der Waals surface area contributed by atoms with E-state index in [0.717, 1.165) is 23.7 Å². The fourth-order valence-corrected chi connectivity index (χ4v) is 4.92. The third kappa shape index (κ3) is 2.90. The van der Waals surface area contributed by atoms with Crippen molar-refractivity contribution >= 4 is 0 Å². The van der Waals surface area contributed by atoms with Gasteiger partial charge in [0.05, 0.1) is 0 Å². The summed E-state index contributed by atoms with van der Waals surface area (Å²) >= 11 is 0. The van der Waals surface area contributed by atoms with Gasteiger partial charge in [0.1, 0.15) is 0 Å². The Hall–Kier alpha value is -1.04. The van der Waals surface area contributed by atoms with E-state index in [0.29, 0.717) is 0 Å². The second-order valence-corrected chi connectivity index (χ2v) is 8.37. The van der Waals surface area contributed by atoms with Crippen LogP contribution in [0.1, 0.15) is 65.2 Å². The molecule has 0 heterocycles. The Morgan fingerprint density at radius 3 is 1.55 bits per heavy atom. The minimum Gasteiger partial charge on any atom is -0.0741 e. The van der Waals surface area contributed by atoms with Crippen molar-refractivity contribution < 1.29 is 0 Å². The van der Waals surface area contributed by atoms with Gasteiger partial charge in [0.2, 0.25) is 0 Å². The van der Waals surface area contributed by atoms with Crippen LogP contribution in [0.25, 0.3) is 0 Å². The minimum atomic E-state index is 0.730. The first-order valence-corrected chi connectivity index (χ1v) is 9.51. The third-order valence-corrected chi connectivity index (χ3v) is 6.27. The predicted octanol–water partition coefficient (Wildman–Crippen LogP) is 6.37. The molecule has 4 rings (SSSR count). The molecule has 0 bridgehead atoms. The van der Waals surface area contributed by atoms with E-state index in [1.54, 1.807) is 22.3 Å². The molecule has 0 aromatic heterocycles. The largest absolute Gasteiger partial charge is 0.0741 e. The summed E-state index contributed by atoms with van der Waals surface area (Å²) in [5.74, 6) is 3.26. The lowest BCUT2D eigenvalue weighted by Gasteiger charge is -2.21. The second-order valence-electron chi connectivity index (χ2n) is 8.37. The van der Waals surface area contributed by atoms with Crippen LogP contribution < -0.4 is 0 Å². The first-order chi connectivity index (χ1) is 10.7. The quantitative estimate of drug-likeness (QED) is 0.567. The van der Waals surface area contributed by atoms with Gasteiger partial charge >= 0.3 is 0 Å². The number of fused-ring (bicyclic) bond motifs is 2. The normalized spacial score (nSPS) is 37.0.